The second-order valence-corrected chi connectivity index (χ2v) is 7.11. The van der Waals surface area contributed by atoms with E-state index >= 15 is 0 Å². The van der Waals surface area contributed by atoms with Gasteiger partial charge in [-0.05, 0) is 51.0 Å². The van der Waals surface area contributed by atoms with Gasteiger partial charge in [0.2, 0.25) is 5.91 Å². The standard InChI is InChI=1S/C21H26N4O5/c1-11(2)30-21(29)17-12(3)18(25-13(17)4)20(28)23-9-14-5-7-15(8-6-14)19(27)24-10-16(22)26/h5-8,11,25H,9-10H2,1-4H3,(H2,22,26)(H,23,28)(H,24,27). The minimum absolute atomic E-state index is 0.227. The van der Waals surface area contributed by atoms with Crippen LogP contribution in [0.4, 0.5) is 0 Å². The van der Waals surface area contributed by atoms with Gasteiger partial charge in [-0.25, -0.2) is 4.79 Å². The van der Waals surface area contributed by atoms with Gasteiger partial charge >= 0.3 is 5.97 Å². The number of carbonyl (C=O) groups is 4. The number of primary amides is 1. The van der Waals surface area contributed by atoms with Crippen molar-refractivity contribution in [1.82, 2.24) is 15.6 Å². The predicted octanol–water partition coefficient (Wildman–Crippen LogP) is 1.34. The highest BCUT2D eigenvalue weighted by Crippen LogP contribution is 2.19. The van der Waals surface area contributed by atoms with Crippen LogP contribution in [0.2, 0.25) is 0 Å². The van der Waals surface area contributed by atoms with Crippen molar-refractivity contribution in [2.24, 2.45) is 5.73 Å². The smallest absolute Gasteiger partial charge is 0.340 e. The van der Waals surface area contributed by atoms with Crippen LogP contribution >= 0.6 is 0 Å². The third-order valence-corrected chi connectivity index (χ3v) is 4.30. The molecule has 0 aliphatic rings. The van der Waals surface area contributed by atoms with Gasteiger partial charge in [-0.2, -0.15) is 0 Å². The molecule has 1 aromatic heterocycles. The summed E-state index contributed by atoms with van der Waals surface area (Å²) in [5.41, 5.74) is 7.89. The van der Waals surface area contributed by atoms with Crippen molar-refractivity contribution in [1.29, 1.82) is 0 Å². The Balaban J connectivity index is 2.01. The fraction of sp³-hybridized carbons (Fsp3) is 0.333. The fourth-order valence-corrected chi connectivity index (χ4v) is 2.87. The van der Waals surface area contributed by atoms with Crippen LogP contribution in [-0.2, 0) is 16.1 Å². The van der Waals surface area contributed by atoms with E-state index < -0.39 is 17.8 Å². The lowest BCUT2D eigenvalue weighted by Gasteiger charge is -2.09. The molecule has 0 aliphatic carbocycles. The van der Waals surface area contributed by atoms with Crippen LogP contribution in [-0.4, -0.2) is 41.3 Å². The fourth-order valence-electron chi connectivity index (χ4n) is 2.87. The Labute approximate surface area is 174 Å². The van der Waals surface area contributed by atoms with Gasteiger partial charge in [0, 0.05) is 17.8 Å². The molecule has 9 nitrogen and oxygen atoms in total. The molecule has 0 saturated heterocycles. The zero-order chi connectivity index (χ0) is 22.4. The molecule has 0 atom stereocenters. The summed E-state index contributed by atoms with van der Waals surface area (Å²) in [6, 6.07) is 6.55. The van der Waals surface area contributed by atoms with E-state index in [1.165, 1.54) is 0 Å². The first kappa shape index (κ1) is 22.7. The van der Waals surface area contributed by atoms with Crippen LogP contribution in [0.3, 0.4) is 0 Å². The molecule has 1 heterocycles. The third-order valence-electron chi connectivity index (χ3n) is 4.30. The molecule has 0 fully saturated rings. The van der Waals surface area contributed by atoms with Gasteiger partial charge in [-0.3, -0.25) is 14.4 Å². The molecular formula is C21H26N4O5. The number of benzene rings is 1. The summed E-state index contributed by atoms with van der Waals surface area (Å²) < 4.78 is 5.23. The van der Waals surface area contributed by atoms with Crippen molar-refractivity contribution >= 4 is 23.7 Å². The Kier molecular flexibility index (Phi) is 7.35. The van der Waals surface area contributed by atoms with E-state index in [1.54, 1.807) is 52.0 Å². The molecule has 0 aliphatic heterocycles. The zero-order valence-electron chi connectivity index (χ0n) is 17.4. The number of esters is 1. The first-order valence-electron chi connectivity index (χ1n) is 9.44. The van der Waals surface area contributed by atoms with Crippen LogP contribution in [0.1, 0.15) is 61.9 Å². The Bertz CT molecular complexity index is 961. The van der Waals surface area contributed by atoms with E-state index in [9.17, 15) is 19.2 Å². The second-order valence-electron chi connectivity index (χ2n) is 7.11. The lowest BCUT2D eigenvalue weighted by molar-refractivity contribution is -0.117. The first-order valence-corrected chi connectivity index (χ1v) is 9.44. The summed E-state index contributed by atoms with van der Waals surface area (Å²) in [6.45, 7) is 6.91. The quantitative estimate of drug-likeness (QED) is 0.482. The van der Waals surface area contributed by atoms with Crippen molar-refractivity contribution in [2.45, 2.75) is 40.3 Å². The first-order chi connectivity index (χ1) is 14.1. The van der Waals surface area contributed by atoms with Crippen LogP contribution < -0.4 is 16.4 Å². The number of nitrogens with two attached hydrogens (primary N) is 1. The summed E-state index contributed by atoms with van der Waals surface area (Å²) in [5, 5.41) is 5.18. The number of ether oxygens (including phenoxy) is 1. The minimum Gasteiger partial charge on any atom is -0.459 e. The van der Waals surface area contributed by atoms with Gasteiger partial charge in [0.1, 0.15) is 5.69 Å². The van der Waals surface area contributed by atoms with E-state index in [-0.39, 0.29) is 25.1 Å². The summed E-state index contributed by atoms with van der Waals surface area (Å²) in [4.78, 5) is 50.4. The monoisotopic (exact) mass is 414 g/mol. The molecule has 1 aromatic carbocycles. The molecule has 0 bridgehead atoms. The highest BCUT2D eigenvalue weighted by Gasteiger charge is 2.23. The molecule has 0 spiro atoms. The molecule has 2 rings (SSSR count). The summed E-state index contributed by atoms with van der Waals surface area (Å²) in [5.74, 6) is -1.87. The number of aromatic amines is 1. The minimum atomic E-state index is -0.627. The molecule has 9 heteroatoms. The van der Waals surface area contributed by atoms with Crippen LogP contribution in [0.5, 0.6) is 0 Å². The van der Waals surface area contributed by atoms with Gasteiger partial charge in [0.05, 0.1) is 18.2 Å². The van der Waals surface area contributed by atoms with Crippen molar-refractivity contribution in [3.8, 4) is 0 Å². The average molecular weight is 414 g/mol. The summed E-state index contributed by atoms with van der Waals surface area (Å²) >= 11 is 0. The highest BCUT2D eigenvalue weighted by molar-refractivity contribution is 6.00. The molecule has 3 amide bonds. The Morgan fingerprint density at radius 1 is 1.03 bits per heavy atom. The number of hydrogen-bond donors (Lipinski definition) is 4. The van der Waals surface area contributed by atoms with Crippen LogP contribution in [0.25, 0.3) is 0 Å². The second kappa shape index (κ2) is 9.73. The van der Waals surface area contributed by atoms with Crippen LogP contribution in [0, 0.1) is 13.8 Å². The molecule has 0 unspecified atom stereocenters. The number of aromatic nitrogens is 1. The predicted molar refractivity (Wildman–Crippen MR) is 110 cm³/mol. The Morgan fingerprint density at radius 3 is 2.23 bits per heavy atom. The summed E-state index contributed by atoms with van der Waals surface area (Å²) in [6.07, 6.45) is -0.260. The van der Waals surface area contributed by atoms with Gasteiger partial charge < -0.3 is 26.1 Å². The van der Waals surface area contributed by atoms with Crippen LogP contribution in [0.15, 0.2) is 24.3 Å². The molecule has 30 heavy (non-hydrogen) atoms. The number of amides is 3. The largest absolute Gasteiger partial charge is 0.459 e. The van der Waals surface area contributed by atoms with Crippen molar-refractivity contribution in [3.05, 3.63) is 57.9 Å². The molecule has 5 N–H and O–H groups in total. The van der Waals surface area contributed by atoms with Crippen molar-refractivity contribution in [3.63, 3.8) is 0 Å². The Hall–Kier alpha value is -3.62. The number of rotatable bonds is 8. The van der Waals surface area contributed by atoms with E-state index in [0.29, 0.717) is 28.1 Å². The molecule has 160 valence electrons. The lowest BCUT2D eigenvalue weighted by atomic mass is 10.1. The van der Waals surface area contributed by atoms with E-state index in [2.05, 4.69) is 15.6 Å². The normalized spacial score (nSPS) is 10.6. The SMILES string of the molecule is Cc1[nH]c(C(=O)NCc2ccc(C(=O)NCC(N)=O)cc2)c(C)c1C(=O)OC(C)C. The van der Waals surface area contributed by atoms with E-state index in [0.717, 1.165) is 5.56 Å². The maximum atomic E-state index is 12.6. The maximum Gasteiger partial charge on any atom is 0.340 e. The zero-order valence-corrected chi connectivity index (χ0v) is 17.4. The van der Waals surface area contributed by atoms with Crippen molar-refractivity contribution < 1.29 is 23.9 Å². The van der Waals surface area contributed by atoms with Crippen molar-refractivity contribution in [2.75, 3.05) is 6.54 Å². The average Bonchev–Trinajstić information content (AvgIpc) is 2.98. The van der Waals surface area contributed by atoms with E-state index in [4.69, 9.17) is 10.5 Å². The molecule has 0 radical (unpaired) electrons. The number of nitrogens with one attached hydrogen (secondary N) is 3. The lowest BCUT2D eigenvalue weighted by Crippen LogP contribution is -2.33. The Morgan fingerprint density at radius 2 is 1.67 bits per heavy atom. The number of H-pyrrole nitrogens is 1. The highest BCUT2D eigenvalue weighted by atomic mass is 16.5. The van der Waals surface area contributed by atoms with Gasteiger partial charge in [-0.15, -0.1) is 0 Å². The van der Waals surface area contributed by atoms with E-state index in [1.807, 2.05) is 0 Å². The van der Waals surface area contributed by atoms with Gasteiger partial charge in [-0.1, -0.05) is 12.1 Å². The molecular weight excluding hydrogens is 388 g/mol. The molecule has 0 saturated carbocycles. The number of aryl methyl sites for hydroxylation is 1. The molecule has 2 aromatic rings. The van der Waals surface area contributed by atoms with Gasteiger partial charge in [0.15, 0.2) is 0 Å². The maximum absolute atomic E-state index is 12.6. The number of carbonyl (C=O) groups excluding carboxylic acids is 4. The summed E-state index contributed by atoms with van der Waals surface area (Å²) in [7, 11) is 0. The van der Waals surface area contributed by atoms with Gasteiger partial charge in [0.25, 0.3) is 11.8 Å². The topological polar surface area (TPSA) is 143 Å². The number of hydrogen-bond acceptors (Lipinski definition) is 5. The third kappa shape index (κ3) is 5.69.